The van der Waals surface area contributed by atoms with Gasteiger partial charge in [0.2, 0.25) is 0 Å². The van der Waals surface area contributed by atoms with Gasteiger partial charge in [-0.1, -0.05) is 18.2 Å². The molecule has 23 heavy (non-hydrogen) atoms. The van der Waals surface area contributed by atoms with Crippen molar-refractivity contribution in [3.8, 4) is 5.75 Å². The first-order valence-corrected chi connectivity index (χ1v) is 8.55. The van der Waals surface area contributed by atoms with Gasteiger partial charge in [-0.05, 0) is 43.2 Å². The molecule has 0 atom stereocenters. The molecule has 0 unspecified atom stereocenters. The lowest BCUT2D eigenvalue weighted by atomic mass is 9.89. The van der Waals surface area contributed by atoms with E-state index in [0.29, 0.717) is 11.8 Å². The molecule has 4 rings (SSSR count). The fraction of sp³-hybridized carbons (Fsp3) is 0.474. The Balaban J connectivity index is 1.45. The van der Waals surface area contributed by atoms with E-state index in [-0.39, 0.29) is 0 Å². The Labute approximate surface area is 137 Å². The summed E-state index contributed by atoms with van der Waals surface area (Å²) in [6.07, 6.45) is 6.58. The Morgan fingerprint density at radius 2 is 1.78 bits per heavy atom. The molecule has 4 nitrogen and oxygen atoms in total. The van der Waals surface area contributed by atoms with Gasteiger partial charge in [0.15, 0.2) is 0 Å². The fourth-order valence-corrected chi connectivity index (χ4v) is 3.56. The van der Waals surface area contributed by atoms with E-state index in [1.165, 1.54) is 24.1 Å². The summed E-state index contributed by atoms with van der Waals surface area (Å²) in [5.74, 6) is 3.37. The smallest absolute Gasteiger partial charge is 0.132 e. The lowest BCUT2D eigenvalue weighted by molar-refractivity contribution is 0.397. The van der Waals surface area contributed by atoms with E-state index in [9.17, 15) is 0 Å². The number of rotatable bonds is 4. The van der Waals surface area contributed by atoms with Crippen LogP contribution in [0.2, 0.25) is 0 Å². The van der Waals surface area contributed by atoms with Gasteiger partial charge < -0.3 is 9.64 Å². The number of aromatic nitrogens is 2. The molecule has 1 aliphatic carbocycles. The molecular weight excluding hydrogens is 286 g/mol. The zero-order valence-electron chi connectivity index (χ0n) is 13.6. The highest BCUT2D eigenvalue weighted by atomic mass is 16.5. The van der Waals surface area contributed by atoms with E-state index in [4.69, 9.17) is 4.74 Å². The van der Waals surface area contributed by atoms with Gasteiger partial charge in [0, 0.05) is 30.8 Å². The molecule has 1 aromatic heterocycles. The quantitative estimate of drug-likeness (QED) is 0.862. The molecule has 1 saturated carbocycles. The molecule has 1 saturated heterocycles. The molecule has 0 spiro atoms. The highest BCUT2D eigenvalue weighted by molar-refractivity contribution is 5.42. The van der Waals surface area contributed by atoms with Crippen LogP contribution in [-0.2, 0) is 0 Å². The molecule has 120 valence electrons. The average molecular weight is 309 g/mol. The van der Waals surface area contributed by atoms with Crippen LogP contribution >= 0.6 is 0 Å². The molecule has 2 aromatic rings. The highest BCUT2D eigenvalue weighted by Crippen LogP contribution is 2.40. The lowest BCUT2D eigenvalue weighted by Crippen LogP contribution is -2.33. The number of ether oxygens (including phenoxy) is 1. The van der Waals surface area contributed by atoms with Crippen molar-refractivity contribution in [1.82, 2.24) is 9.97 Å². The first-order chi connectivity index (χ1) is 11.3. The van der Waals surface area contributed by atoms with Gasteiger partial charge in [0.1, 0.15) is 17.9 Å². The van der Waals surface area contributed by atoms with Crippen molar-refractivity contribution < 1.29 is 4.74 Å². The summed E-state index contributed by atoms with van der Waals surface area (Å²) in [5.41, 5.74) is 2.57. The minimum absolute atomic E-state index is 0.576. The maximum Gasteiger partial charge on any atom is 0.132 e. The van der Waals surface area contributed by atoms with Gasteiger partial charge in [-0.15, -0.1) is 0 Å². The number of benzene rings is 1. The first kappa shape index (κ1) is 14.5. The Bertz CT molecular complexity index is 676. The molecule has 0 radical (unpaired) electrons. The predicted molar refractivity (Wildman–Crippen MR) is 91.2 cm³/mol. The van der Waals surface area contributed by atoms with Gasteiger partial charge in [-0.25, -0.2) is 9.97 Å². The van der Waals surface area contributed by atoms with Crippen LogP contribution in [0, 0.1) is 0 Å². The Morgan fingerprint density at radius 1 is 1.00 bits per heavy atom. The van der Waals surface area contributed by atoms with Gasteiger partial charge in [-0.3, -0.25) is 0 Å². The fourth-order valence-electron chi connectivity index (χ4n) is 3.56. The monoisotopic (exact) mass is 309 g/mol. The van der Waals surface area contributed by atoms with Crippen LogP contribution in [0.4, 0.5) is 5.82 Å². The SMILES string of the molecule is COc1ccccc1C1CCN(c2cc(C3CC3)ncn2)CC1. The van der Waals surface area contributed by atoms with Crippen molar-refractivity contribution in [3.63, 3.8) is 0 Å². The van der Waals surface area contributed by atoms with E-state index in [0.717, 1.165) is 37.5 Å². The van der Waals surface area contributed by atoms with Crippen LogP contribution in [0.5, 0.6) is 5.75 Å². The highest BCUT2D eigenvalue weighted by Gasteiger charge is 2.27. The summed E-state index contributed by atoms with van der Waals surface area (Å²) in [4.78, 5) is 11.3. The second-order valence-electron chi connectivity index (χ2n) is 6.58. The standard InChI is InChI=1S/C19H23N3O/c1-23-18-5-3-2-4-16(18)14-8-10-22(11-9-14)19-12-17(15-6-7-15)20-13-21-19/h2-5,12-15H,6-11H2,1H3. The van der Waals surface area contributed by atoms with Crippen molar-refractivity contribution in [3.05, 3.63) is 47.9 Å². The maximum absolute atomic E-state index is 5.52. The van der Waals surface area contributed by atoms with Crippen molar-refractivity contribution in [2.24, 2.45) is 0 Å². The van der Waals surface area contributed by atoms with Crippen LogP contribution < -0.4 is 9.64 Å². The van der Waals surface area contributed by atoms with Crippen molar-refractivity contribution in [1.29, 1.82) is 0 Å². The van der Waals surface area contributed by atoms with Crippen LogP contribution in [0.1, 0.15) is 48.8 Å². The van der Waals surface area contributed by atoms with Crippen molar-refractivity contribution in [2.45, 2.75) is 37.5 Å². The minimum atomic E-state index is 0.576. The average Bonchev–Trinajstić information content (AvgIpc) is 3.47. The van der Waals surface area contributed by atoms with Crippen LogP contribution in [-0.4, -0.2) is 30.2 Å². The second-order valence-corrected chi connectivity index (χ2v) is 6.58. The summed E-state index contributed by atoms with van der Waals surface area (Å²) in [6.45, 7) is 2.09. The van der Waals surface area contributed by atoms with Gasteiger partial charge in [0.25, 0.3) is 0 Å². The summed E-state index contributed by atoms with van der Waals surface area (Å²) in [7, 11) is 1.76. The number of piperidine rings is 1. The van der Waals surface area contributed by atoms with Gasteiger partial charge in [0.05, 0.1) is 7.11 Å². The molecule has 1 aromatic carbocycles. The molecule has 4 heteroatoms. The normalized spacial score (nSPS) is 18.9. The number of hydrogen-bond acceptors (Lipinski definition) is 4. The number of hydrogen-bond donors (Lipinski definition) is 0. The molecule has 2 heterocycles. The zero-order valence-corrected chi connectivity index (χ0v) is 13.6. The lowest BCUT2D eigenvalue weighted by Gasteiger charge is -2.33. The summed E-state index contributed by atoms with van der Waals surface area (Å²) in [5, 5.41) is 0. The van der Waals surface area contributed by atoms with E-state index >= 15 is 0 Å². The predicted octanol–water partition coefficient (Wildman–Crippen LogP) is 3.75. The third-order valence-electron chi connectivity index (χ3n) is 5.07. The molecule has 0 N–H and O–H groups in total. The molecular formula is C19H23N3O. The minimum Gasteiger partial charge on any atom is -0.496 e. The number of para-hydroxylation sites is 1. The van der Waals surface area contributed by atoms with E-state index in [1.807, 2.05) is 6.07 Å². The van der Waals surface area contributed by atoms with Crippen LogP contribution in [0.15, 0.2) is 36.7 Å². The van der Waals surface area contributed by atoms with Crippen molar-refractivity contribution >= 4 is 5.82 Å². The number of anilines is 1. The maximum atomic E-state index is 5.52. The van der Waals surface area contributed by atoms with Gasteiger partial charge in [-0.2, -0.15) is 0 Å². The van der Waals surface area contributed by atoms with Crippen LogP contribution in [0.25, 0.3) is 0 Å². The Morgan fingerprint density at radius 3 is 2.52 bits per heavy atom. The Hall–Kier alpha value is -2.10. The Kier molecular flexibility index (Phi) is 3.90. The van der Waals surface area contributed by atoms with E-state index in [1.54, 1.807) is 13.4 Å². The molecule has 0 bridgehead atoms. The summed E-state index contributed by atoms with van der Waals surface area (Å²) in [6, 6.07) is 10.6. The zero-order chi connectivity index (χ0) is 15.6. The van der Waals surface area contributed by atoms with E-state index in [2.05, 4.69) is 39.1 Å². The molecule has 1 aliphatic heterocycles. The number of nitrogens with zero attached hydrogens (tertiary/aromatic N) is 3. The summed E-state index contributed by atoms with van der Waals surface area (Å²) < 4.78 is 5.52. The van der Waals surface area contributed by atoms with E-state index < -0.39 is 0 Å². The second kappa shape index (κ2) is 6.19. The largest absolute Gasteiger partial charge is 0.496 e. The molecule has 2 aliphatic rings. The van der Waals surface area contributed by atoms with Gasteiger partial charge >= 0.3 is 0 Å². The summed E-state index contributed by atoms with van der Waals surface area (Å²) >= 11 is 0. The third kappa shape index (κ3) is 3.03. The topological polar surface area (TPSA) is 38.2 Å². The molecule has 0 amide bonds. The van der Waals surface area contributed by atoms with Crippen molar-refractivity contribution in [2.75, 3.05) is 25.1 Å². The number of methoxy groups -OCH3 is 1. The van der Waals surface area contributed by atoms with Crippen LogP contribution in [0.3, 0.4) is 0 Å². The third-order valence-corrected chi connectivity index (χ3v) is 5.07. The molecule has 2 fully saturated rings. The first-order valence-electron chi connectivity index (χ1n) is 8.55.